The Morgan fingerprint density at radius 2 is 2.06 bits per heavy atom. The van der Waals surface area contributed by atoms with Gasteiger partial charge in [0.25, 0.3) is 0 Å². The second-order valence-corrected chi connectivity index (χ2v) is 7.46. The number of halogens is 1. The van der Waals surface area contributed by atoms with Crippen molar-refractivity contribution in [3.05, 3.63) is 76.0 Å². The van der Waals surface area contributed by atoms with Gasteiger partial charge in [0.2, 0.25) is 5.91 Å². The number of methoxy groups -OCH3 is 1. The summed E-state index contributed by atoms with van der Waals surface area (Å²) < 4.78 is 10.3. The van der Waals surface area contributed by atoms with Crippen molar-refractivity contribution in [1.29, 1.82) is 0 Å². The van der Waals surface area contributed by atoms with Crippen molar-refractivity contribution in [3.8, 4) is 5.75 Å². The number of carbonyl (C=O) groups is 3. The van der Waals surface area contributed by atoms with Crippen LogP contribution < -0.4 is 15.4 Å². The number of benzene rings is 2. The van der Waals surface area contributed by atoms with Gasteiger partial charge in [0, 0.05) is 11.6 Å². The Kier molecular flexibility index (Phi) is 5.81. The quantitative estimate of drug-likeness (QED) is 0.671. The normalized spacial score (nSPS) is 17.7. The highest BCUT2D eigenvalue weighted by molar-refractivity contribution is 6.31. The van der Waals surface area contributed by atoms with Crippen LogP contribution in [0.4, 0.5) is 4.79 Å². The minimum Gasteiger partial charge on any atom is -0.497 e. The second kappa shape index (κ2) is 8.69. The summed E-state index contributed by atoms with van der Waals surface area (Å²) >= 11 is 6.27. The summed E-state index contributed by atoms with van der Waals surface area (Å²) in [5.41, 5.74) is 2.10. The lowest BCUT2D eigenvalue weighted by Gasteiger charge is -2.32. The van der Waals surface area contributed by atoms with Crippen molar-refractivity contribution < 1.29 is 23.9 Å². The first-order valence-corrected chi connectivity index (χ1v) is 9.98. The number of nitrogens with one attached hydrogen (secondary N) is 2. The van der Waals surface area contributed by atoms with Crippen molar-refractivity contribution >= 4 is 29.5 Å². The zero-order valence-corrected chi connectivity index (χ0v) is 17.4. The van der Waals surface area contributed by atoms with E-state index in [2.05, 4.69) is 10.6 Å². The van der Waals surface area contributed by atoms with Gasteiger partial charge in [-0.2, -0.15) is 0 Å². The molecule has 9 heteroatoms. The molecule has 2 heterocycles. The number of amides is 3. The van der Waals surface area contributed by atoms with Crippen molar-refractivity contribution in [2.75, 3.05) is 20.3 Å². The molecule has 0 aliphatic carbocycles. The fourth-order valence-corrected chi connectivity index (χ4v) is 3.85. The molecule has 0 saturated carbocycles. The maximum absolute atomic E-state index is 12.8. The standard InChI is InChI=1S/C22H20ClN3O5/c1-30-14-6-4-5-13(9-14)10-24-18(27)11-26-17-12-31-21(28)19(17)20(25-22(26)29)15-7-2-3-8-16(15)23/h2-9,20H,10-12H2,1H3,(H,24,27)(H,25,29)/t20-/m1/s1. The Balaban J connectivity index is 1.51. The highest BCUT2D eigenvalue weighted by atomic mass is 35.5. The third kappa shape index (κ3) is 4.20. The summed E-state index contributed by atoms with van der Waals surface area (Å²) in [7, 11) is 1.57. The van der Waals surface area contributed by atoms with Gasteiger partial charge in [0.05, 0.1) is 24.4 Å². The third-order valence-electron chi connectivity index (χ3n) is 5.14. The number of cyclic esters (lactones) is 1. The van der Waals surface area contributed by atoms with E-state index >= 15 is 0 Å². The van der Waals surface area contributed by atoms with Gasteiger partial charge in [-0.05, 0) is 29.3 Å². The second-order valence-electron chi connectivity index (χ2n) is 7.05. The minimum absolute atomic E-state index is 0.0777. The van der Waals surface area contributed by atoms with Gasteiger partial charge in [0.1, 0.15) is 18.9 Å². The SMILES string of the molecule is COc1cccc(CNC(=O)CN2C(=O)N[C@H](c3ccccc3Cl)C3=C2COC3=O)c1. The average molecular weight is 442 g/mol. The van der Waals surface area contributed by atoms with Crippen molar-refractivity contribution in [3.63, 3.8) is 0 Å². The summed E-state index contributed by atoms with van der Waals surface area (Å²) in [6.07, 6.45) is 0. The Morgan fingerprint density at radius 1 is 1.26 bits per heavy atom. The van der Waals surface area contributed by atoms with E-state index in [1.165, 1.54) is 4.90 Å². The van der Waals surface area contributed by atoms with Gasteiger partial charge < -0.3 is 20.1 Å². The number of ether oxygens (including phenoxy) is 2. The molecule has 0 radical (unpaired) electrons. The van der Waals surface area contributed by atoms with E-state index in [1.54, 1.807) is 31.4 Å². The smallest absolute Gasteiger partial charge is 0.338 e. The molecule has 3 amide bonds. The molecule has 2 N–H and O–H groups in total. The van der Waals surface area contributed by atoms with Crippen LogP contribution in [0.25, 0.3) is 0 Å². The molecule has 2 aliphatic heterocycles. The molecule has 0 aromatic heterocycles. The molecule has 0 spiro atoms. The average Bonchev–Trinajstić information content (AvgIpc) is 3.16. The molecule has 160 valence electrons. The summed E-state index contributed by atoms with van der Waals surface area (Å²) in [5, 5.41) is 5.96. The lowest BCUT2D eigenvalue weighted by atomic mass is 9.95. The molecule has 1 atom stereocenters. The maximum atomic E-state index is 12.8. The van der Waals surface area contributed by atoms with E-state index in [4.69, 9.17) is 21.1 Å². The van der Waals surface area contributed by atoms with Crippen LogP contribution in [-0.2, 0) is 20.9 Å². The van der Waals surface area contributed by atoms with Gasteiger partial charge in [0.15, 0.2) is 0 Å². The number of rotatable bonds is 6. The van der Waals surface area contributed by atoms with Crippen molar-refractivity contribution in [1.82, 2.24) is 15.5 Å². The molecule has 0 unspecified atom stereocenters. The lowest BCUT2D eigenvalue weighted by molar-refractivity contribution is -0.136. The van der Waals surface area contributed by atoms with Crippen LogP contribution >= 0.6 is 11.6 Å². The number of nitrogens with zero attached hydrogens (tertiary/aromatic N) is 1. The first-order valence-electron chi connectivity index (χ1n) is 9.60. The van der Waals surface area contributed by atoms with E-state index in [1.807, 2.05) is 24.3 Å². The molecular formula is C22H20ClN3O5. The van der Waals surface area contributed by atoms with E-state index in [9.17, 15) is 14.4 Å². The van der Waals surface area contributed by atoms with Crippen molar-refractivity contribution in [2.24, 2.45) is 0 Å². The van der Waals surface area contributed by atoms with E-state index in [-0.39, 0.29) is 31.2 Å². The Hall–Kier alpha value is -3.52. The van der Waals surface area contributed by atoms with Gasteiger partial charge in [-0.25, -0.2) is 9.59 Å². The Labute approximate surface area is 183 Å². The summed E-state index contributed by atoms with van der Waals surface area (Å²) in [5.74, 6) is -0.230. The van der Waals surface area contributed by atoms with Crippen LogP contribution in [-0.4, -0.2) is 43.1 Å². The fourth-order valence-electron chi connectivity index (χ4n) is 3.60. The number of hydrogen-bond acceptors (Lipinski definition) is 5. The number of urea groups is 1. The molecule has 2 aliphatic rings. The number of carbonyl (C=O) groups excluding carboxylic acids is 3. The van der Waals surface area contributed by atoms with Crippen LogP contribution in [0.5, 0.6) is 5.75 Å². The van der Waals surface area contributed by atoms with Gasteiger partial charge >= 0.3 is 12.0 Å². The molecular weight excluding hydrogens is 422 g/mol. The topological polar surface area (TPSA) is 97.0 Å². The van der Waals surface area contributed by atoms with Crippen LogP contribution in [0.15, 0.2) is 59.8 Å². The monoisotopic (exact) mass is 441 g/mol. The van der Waals surface area contributed by atoms with Gasteiger partial charge in [-0.3, -0.25) is 9.69 Å². The first kappa shape index (κ1) is 20.7. The highest BCUT2D eigenvalue weighted by Crippen LogP contribution is 2.37. The Morgan fingerprint density at radius 3 is 2.84 bits per heavy atom. The van der Waals surface area contributed by atoms with Crippen LogP contribution in [0, 0.1) is 0 Å². The molecule has 8 nitrogen and oxygen atoms in total. The van der Waals surface area contributed by atoms with Crippen LogP contribution in [0.3, 0.4) is 0 Å². The van der Waals surface area contributed by atoms with Crippen LogP contribution in [0.2, 0.25) is 5.02 Å². The van der Waals surface area contributed by atoms with Gasteiger partial charge in [-0.1, -0.05) is 41.9 Å². The molecule has 0 fully saturated rings. The largest absolute Gasteiger partial charge is 0.497 e. The van der Waals surface area contributed by atoms with Crippen molar-refractivity contribution in [2.45, 2.75) is 12.6 Å². The minimum atomic E-state index is -0.734. The Bertz CT molecular complexity index is 1080. The molecule has 31 heavy (non-hydrogen) atoms. The summed E-state index contributed by atoms with van der Waals surface area (Å²) in [4.78, 5) is 39.0. The van der Waals surface area contributed by atoms with E-state index in [0.29, 0.717) is 22.0 Å². The first-order chi connectivity index (χ1) is 15.0. The predicted octanol–water partition coefficient (Wildman–Crippen LogP) is 2.54. The molecule has 2 aromatic rings. The fraction of sp³-hybridized carbons (Fsp3) is 0.227. The van der Waals surface area contributed by atoms with Gasteiger partial charge in [-0.15, -0.1) is 0 Å². The third-order valence-corrected chi connectivity index (χ3v) is 5.48. The molecule has 2 aromatic carbocycles. The number of esters is 1. The highest BCUT2D eigenvalue weighted by Gasteiger charge is 2.43. The lowest BCUT2D eigenvalue weighted by Crippen LogP contribution is -2.50. The maximum Gasteiger partial charge on any atom is 0.338 e. The molecule has 0 bridgehead atoms. The number of hydrogen-bond donors (Lipinski definition) is 2. The predicted molar refractivity (Wildman–Crippen MR) is 112 cm³/mol. The zero-order chi connectivity index (χ0) is 22.0. The van der Waals surface area contributed by atoms with E-state index < -0.39 is 18.0 Å². The summed E-state index contributed by atoms with van der Waals surface area (Å²) in [6, 6.07) is 13.0. The zero-order valence-electron chi connectivity index (χ0n) is 16.7. The van der Waals surface area contributed by atoms with E-state index in [0.717, 1.165) is 5.56 Å². The summed E-state index contributed by atoms with van der Waals surface area (Å²) in [6.45, 7) is -0.0543. The molecule has 4 rings (SSSR count). The molecule has 0 saturated heterocycles. The van der Waals surface area contributed by atoms with Crippen LogP contribution in [0.1, 0.15) is 17.2 Å².